The third kappa shape index (κ3) is 3.78. The van der Waals surface area contributed by atoms with Crippen LogP contribution in [0.1, 0.15) is 11.6 Å². The highest BCUT2D eigenvalue weighted by molar-refractivity contribution is 6.30. The first-order chi connectivity index (χ1) is 10.5. The summed E-state index contributed by atoms with van der Waals surface area (Å²) in [6.07, 6.45) is 0. The minimum atomic E-state index is -0.726. The predicted molar refractivity (Wildman–Crippen MR) is 81.3 cm³/mol. The van der Waals surface area contributed by atoms with E-state index in [0.717, 1.165) is 5.56 Å². The van der Waals surface area contributed by atoms with E-state index in [4.69, 9.17) is 21.1 Å². The fraction of sp³-hybridized carbons (Fsp3) is 0.333. The topological polar surface area (TPSA) is 76.7 Å². The van der Waals surface area contributed by atoms with Crippen LogP contribution in [-0.4, -0.2) is 32.3 Å². The van der Waals surface area contributed by atoms with Crippen molar-refractivity contribution in [3.8, 4) is 0 Å². The summed E-state index contributed by atoms with van der Waals surface area (Å²) in [7, 11) is 1.52. The number of rotatable bonds is 5. The van der Waals surface area contributed by atoms with E-state index >= 15 is 0 Å². The summed E-state index contributed by atoms with van der Waals surface area (Å²) < 4.78 is 10.0. The van der Waals surface area contributed by atoms with Crippen LogP contribution in [-0.2, 0) is 14.3 Å². The van der Waals surface area contributed by atoms with Crippen LogP contribution in [0.4, 0.5) is 4.79 Å². The Labute approximate surface area is 133 Å². The van der Waals surface area contributed by atoms with Gasteiger partial charge in [0.05, 0.1) is 12.6 Å². The van der Waals surface area contributed by atoms with E-state index < -0.39 is 24.0 Å². The van der Waals surface area contributed by atoms with E-state index in [1.165, 1.54) is 7.11 Å². The molecule has 2 atom stereocenters. The van der Waals surface area contributed by atoms with Crippen molar-refractivity contribution >= 4 is 23.6 Å². The third-order valence-corrected chi connectivity index (χ3v) is 3.54. The molecule has 1 heterocycles. The Morgan fingerprint density at radius 2 is 2.00 bits per heavy atom. The maximum atomic E-state index is 12.3. The number of ether oxygens (including phenoxy) is 2. The monoisotopic (exact) mass is 324 g/mol. The number of nitrogens with one attached hydrogen (secondary N) is 2. The first-order valence-corrected chi connectivity index (χ1v) is 7.08. The summed E-state index contributed by atoms with van der Waals surface area (Å²) in [6.45, 7) is 4.20. The first-order valence-electron chi connectivity index (χ1n) is 6.70. The van der Waals surface area contributed by atoms with Crippen LogP contribution in [0.5, 0.6) is 0 Å². The van der Waals surface area contributed by atoms with Crippen molar-refractivity contribution in [2.75, 3.05) is 20.3 Å². The van der Waals surface area contributed by atoms with Gasteiger partial charge in [-0.1, -0.05) is 30.3 Å². The lowest BCUT2D eigenvalue weighted by Gasteiger charge is -2.33. The van der Waals surface area contributed by atoms with Gasteiger partial charge in [-0.2, -0.15) is 0 Å². The van der Waals surface area contributed by atoms with E-state index in [0.29, 0.717) is 17.3 Å². The number of halogens is 1. The Morgan fingerprint density at radius 3 is 2.64 bits per heavy atom. The number of benzene rings is 1. The zero-order valence-corrected chi connectivity index (χ0v) is 12.9. The van der Waals surface area contributed by atoms with E-state index in [1.54, 1.807) is 24.3 Å². The molecule has 2 N–H and O–H groups in total. The molecule has 0 radical (unpaired) electrons. The van der Waals surface area contributed by atoms with Crippen molar-refractivity contribution in [1.29, 1.82) is 0 Å². The number of hydrogen-bond acceptors (Lipinski definition) is 4. The maximum absolute atomic E-state index is 12.3. The van der Waals surface area contributed by atoms with Crippen LogP contribution in [0.25, 0.3) is 0 Å². The van der Waals surface area contributed by atoms with Gasteiger partial charge in [-0.25, -0.2) is 4.79 Å². The summed E-state index contributed by atoms with van der Waals surface area (Å²) >= 11 is 5.87. The minimum Gasteiger partial charge on any atom is -0.463 e. The Morgan fingerprint density at radius 1 is 1.32 bits per heavy atom. The molecule has 1 fully saturated rings. The number of urea groups is 1. The molecule has 1 saturated heterocycles. The zero-order valence-electron chi connectivity index (χ0n) is 12.1. The van der Waals surface area contributed by atoms with Crippen molar-refractivity contribution in [2.45, 2.75) is 6.04 Å². The fourth-order valence-electron chi connectivity index (χ4n) is 2.23. The molecule has 2 amide bonds. The molecule has 0 bridgehead atoms. The number of esters is 1. The van der Waals surface area contributed by atoms with Gasteiger partial charge in [0.15, 0.2) is 0 Å². The lowest BCUT2D eigenvalue weighted by molar-refractivity contribution is -0.149. The van der Waals surface area contributed by atoms with Gasteiger partial charge < -0.3 is 20.1 Å². The Balaban J connectivity index is 2.21. The molecular weight excluding hydrogens is 308 g/mol. The molecule has 0 aromatic heterocycles. The molecule has 1 aliphatic heterocycles. The second-order valence-corrected chi connectivity index (χ2v) is 5.23. The van der Waals surface area contributed by atoms with E-state index in [1.807, 2.05) is 0 Å². The molecule has 118 valence electrons. The third-order valence-electron chi connectivity index (χ3n) is 3.28. The number of carbonyl (C=O) groups excluding carboxylic acids is 2. The highest BCUT2D eigenvalue weighted by Gasteiger charge is 2.38. The Bertz CT molecular complexity index is 573. The smallest absolute Gasteiger partial charge is 0.319 e. The zero-order chi connectivity index (χ0) is 16.1. The van der Waals surface area contributed by atoms with E-state index in [2.05, 4.69) is 17.2 Å². The van der Waals surface area contributed by atoms with Gasteiger partial charge in [0.1, 0.15) is 12.5 Å². The second kappa shape index (κ2) is 7.29. The van der Waals surface area contributed by atoms with E-state index in [9.17, 15) is 9.59 Å². The summed E-state index contributed by atoms with van der Waals surface area (Å²) in [5.41, 5.74) is 1.04. The van der Waals surface area contributed by atoms with Crippen molar-refractivity contribution in [1.82, 2.24) is 10.6 Å². The summed E-state index contributed by atoms with van der Waals surface area (Å²) in [6, 6.07) is 5.92. The molecule has 1 aromatic carbocycles. The average Bonchev–Trinajstić information content (AvgIpc) is 2.47. The molecule has 7 heteroatoms. The number of amides is 2. The van der Waals surface area contributed by atoms with Crippen LogP contribution in [0.2, 0.25) is 5.02 Å². The number of hydrogen-bond donors (Lipinski definition) is 2. The van der Waals surface area contributed by atoms with Gasteiger partial charge in [-0.3, -0.25) is 4.79 Å². The summed E-state index contributed by atoms with van der Waals surface area (Å²) in [5, 5.41) is 5.80. The lowest BCUT2D eigenvalue weighted by atomic mass is 9.89. The summed E-state index contributed by atoms with van der Waals surface area (Å²) in [5.74, 6) is -1.20. The lowest BCUT2D eigenvalue weighted by Crippen LogP contribution is -2.51. The van der Waals surface area contributed by atoms with Gasteiger partial charge in [0, 0.05) is 17.8 Å². The molecule has 0 unspecified atom stereocenters. The van der Waals surface area contributed by atoms with Crippen LogP contribution in [0, 0.1) is 5.92 Å². The molecule has 6 nitrogen and oxygen atoms in total. The number of methoxy groups -OCH3 is 1. The molecule has 22 heavy (non-hydrogen) atoms. The van der Waals surface area contributed by atoms with Crippen LogP contribution < -0.4 is 10.6 Å². The highest BCUT2D eigenvalue weighted by Crippen LogP contribution is 2.30. The fourth-order valence-corrected chi connectivity index (χ4v) is 2.35. The quantitative estimate of drug-likeness (QED) is 0.641. The average molecular weight is 325 g/mol. The summed E-state index contributed by atoms with van der Waals surface area (Å²) in [4.78, 5) is 24.0. The molecule has 1 aromatic rings. The Hall–Kier alpha value is -2.05. The second-order valence-electron chi connectivity index (χ2n) is 4.79. The van der Waals surface area contributed by atoms with Crippen molar-refractivity contribution in [3.63, 3.8) is 0 Å². The minimum absolute atomic E-state index is 0.139. The molecular formula is C15H17ClN2O4. The van der Waals surface area contributed by atoms with E-state index in [-0.39, 0.29) is 6.61 Å². The van der Waals surface area contributed by atoms with Crippen LogP contribution in [0.3, 0.4) is 0 Å². The molecule has 1 aliphatic rings. The van der Waals surface area contributed by atoms with Crippen molar-refractivity contribution in [2.24, 2.45) is 5.92 Å². The van der Waals surface area contributed by atoms with Crippen LogP contribution >= 0.6 is 11.6 Å². The normalized spacial score (nSPS) is 21.0. The van der Waals surface area contributed by atoms with Gasteiger partial charge in [0.2, 0.25) is 0 Å². The SMILES string of the molecule is C=C1NC(=O)N[C@H](c2ccc(Cl)cc2)[C@H]1C(=O)OCCOC. The van der Waals surface area contributed by atoms with Crippen molar-refractivity contribution in [3.05, 3.63) is 47.1 Å². The van der Waals surface area contributed by atoms with Crippen molar-refractivity contribution < 1.29 is 19.1 Å². The van der Waals surface area contributed by atoms with Gasteiger partial charge >= 0.3 is 12.0 Å². The van der Waals surface area contributed by atoms with Crippen LogP contribution in [0.15, 0.2) is 36.5 Å². The van der Waals surface area contributed by atoms with Gasteiger partial charge in [-0.05, 0) is 17.7 Å². The highest BCUT2D eigenvalue weighted by atomic mass is 35.5. The largest absolute Gasteiger partial charge is 0.463 e. The molecule has 0 saturated carbocycles. The van der Waals surface area contributed by atoms with Gasteiger partial charge in [-0.15, -0.1) is 0 Å². The van der Waals surface area contributed by atoms with Gasteiger partial charge in [0.25, 0.3) is 0 Å². The molecule has 2 rings (SSSR count). The molecule has 0 spiro atoms. The first kappa shape index (κ1) is 16.3. The Kier molecular flexibility index (Phi) is 5.41. The predicted octanol–water partition coefficient (Wildman–Crippen LogP) is 2.01. The standard InChI is InChI=1S/C15H17ClN2O4/c1-9-12(14(19)22-8-7-21-2)13(18-15(20)17-9)10-3-5-11(16)6-4-10/h3-6,12-13H,1,7-8H2,2H3,(H2,17,18,20)/t12-,13+/m0/s1. The molecule has 0 aliphatic carbocycles. The number of carbonyl (C=O) groups is 2. The maximum Gasteiger partial charge on any atom is 0.319 e.